The van der Waals surface area contributed by atoms with E-state index in [-0.39, 0.29) is 11.1 Å². The molecule has 0 bridgehead atoms. The minimum Gasteiger partial charge on any atom is -0.294 e. The third kappa shape index (κ3) is 1.99. The van der Waals surface area contributed by atoms with Gasteiger partial charge in [-0.15, -0.1) is 0 Å². The summed E-state index contributed by atoms with van der Waals surface area (Å²) in [6.07, 6.45) is 0. The van der Waals surface area contributed by atoms with E-state index in [0.29, 0.717) is 5.56 Å². The van der Waals surface area contributed by atoms with Crippen molar-refractivity contribution in [2.45, 2.75) is 13.8 Å². The molecule has 0 atom stereocenters. The summed E-state index contributed by atoms with van der Waals surface area (Å²) in [7, 11) is 0. The molecule has 1 rings (SSSR count). The molecule has 5 nitrogen and oxygen atoms in total. The van der Waals surface area contributed by atoms with Gasteiger partial charge < -0.3 is 0 Å². The Labute approximate surface area is 86.1 Å². The number of carbonyl (C=O) groups excluding carboxylic acids is 1. The molecular weight excluding hydrogens is 196 g/mol. The van der Waals surface area contributed by atoms with Crippen molar-refractivity contribution in [3.05, 3.63) is 38.9 Å². The third-order valence-electron chi connectivity index (χ3n) is 1.94. The first-order valence-corrected chi connectivity index (χ1v) is 4.17. The first kappa shape index (κ1) is 10.9. The molecule has 0 amide bonds. The summed E-state index contributed by atoms with van der Waals surface area (Å²) < 4.78 is 0. The van der Waals surface area contributed by atoms with E-state index >= 15 is 0 Å². The molecule has 0 saturated heterocycles. The van der Waals surface area contributed by atoms with Gasteiger partial charge in [0.05, 0.1) is 10.5 Å². The van der Waals surface area contributed by atoms with Gasteiger partial charge in [0.2, 0.25) is 0 Å². The highest BCUT2D eigenvalue weighted by Gasteiger charge is 2.22. The highest BCUT2D eigenvalue weighted by molar-refractivity contribution is 5.99. The normalized spacial score (nSPS) is 9.40. The molecule has 0 aromatic heterocycles. The van der Waals surface area contributed by atoms with E-state index in [1.54, 1.807) is 13.0 Å². The summed E-state index contributed by atoms with van der Waals surface area (Å²) in [4.78, 5) is 21.2. The van der Waals surface area contributed by atoms with Crippen LogP contribution in [0.1, 0.15) is 28.4 Å². The van der Waals surface area contributed by atoms with Crippen molar-refractivity contribution >= 4 is 11.5 Å². The second-order valence-electron chi connectivity index (χ2n) is 3.13. The average molecular weight is 204 g/mol. The first-order valence-electron chi connectivity index (χ1n) is 4.17. The smallest absolute Gasteiger partial charge is 0.294 e. The Balaban J connectivity index is 3.64. The molecule has 0 aliphatic heterocycles. The van der Waals surface area contributed by atoms with Crippen molar-refractivity contribution in [1.29, 1.82) is 5.26 Å². The van der Waals surface area contributed by atoms with E-state index in [9.17, 15) is 14.9 Å². The zero-order valence-electron chi connectivity index (χ0n) is 8.27. The van der Waals surface area contributed by atoms with Gasteiger partial charge in [0.15, 0.2) is 5.78 Å². The van der Waals surface area contributed by atoms with Gasteiger partial charge in [-0.2, -0.15) is 5.26 Å². The maximum absolute atomic E-state index is 11.2. The Morgan fingerprint density at radius 3 is 2.53 bits per heavy atom. The molecule has 0 radical (unpaired) electrons. The van der Waals surface area contributed by atoms with Crippen LogP contribution in [0.3, 0.4) is 0 Å². The number of nitriles is 1. The molecule has 5 heteroatoms. The van der Waals surface area contributed by atoms with Crippen LogP contribution in [-0.2, 0) is 0 Å². The van der Waals surface area contributed by atoms with Crippen molar-refractivity contribution in [3.63, 3.8) is 0 Å². The zero-order valence-corrected chi connectivity index (χ0v) is 8.27. The highest BCUT2D eigenvalue weighted by Crippen LogP contribution is 2.25. The van der Waals surface area contributed by atoms with Crippen molar-refractivity contribution in [1.82, 2.24) is 0 Å². The topological polar surface area (TPSA) is 84.0 Å². The van der Waals surface area contributed by atoms with Gasteiger partial charge in [-0.05, 0) is 31.5 Å². The van der Waals surface area contributed by atoms with E-state index in [0.717, 1.165) is 0 Å². The largest absolute Gasteiger partial charge is 0.297 e. The van der Waals surface area contributed by atoms with Crippen LogP contribution < -0.4 is 0 Å². The Hall–Kier alpha value is -2.22. The lowest BCUT2D eigenvalue weighted by Crippen LogP contribution is -2.03. The van der Waals surface area contributed by atoms with Crippen LogP contribution in [0.25, 0.3) is 0 Å². The minimum atomic E-state index is -0.700. The van der Waals surface area contributed by atoms with Crippen LogP contribution in [0.2, 0.25) is 0 Å². The number of ketones is 1. The zero-order chi connectivity index (χ0) is 11.6. The van der Waals surface area contributed by atoms with Crippen LogP contribution in [-0.4, -0.2) is 10.7 Å². The monoisotopic (exact) mass is 204 g/mol. The predicted molar refractivity (Wildman–Crippen MR) is 52.6 cm³/mol. The van der Waals surface area contributed by atoms with Gasteiger partial charge >= 0.3 is 0 Å². The van der Waals surface area contributed by atoms with Crippen LogP contribution in [0.4, 0.5) is 5.69 Å². The minimum absolute atomic E-state index is 0.0171. The van der Waals surface area contributed by atoms with Crippen LogP contribution in [0, 0.1) is 28.4 Å². The summed E-state index contributed by atoms with van der Waals surface area (Å²) in [6.45, 7) is 2.92. The molecule has 0 N–H and O–H groups in total. The summed E-state index contributed by atoms with van der Waals surface area (Å²) in [5.41, 5.74) is 0.153. The highest BCUT2D eigenvalue weighted by atomic mass is 16.6. The van der Waals surface area contributed by atoms with E-state index in [1.807, 2.05) is 0 Å². The molecule has 0 spiro atoms. The summed E-state index contributed by atoms with van der Waals surface area (Å²) >= 11 is 0. The molecule has 76 valence electrons. The van der Waals surface area contributed by atoms with Gasteiger partial charge in [-0.1, -0.05) is 0 Å². The molecule has 15 heavy (non-hydrogen) atoms. The van der Waals surface area contributed by atoms with Gasteiger partial charge in [-0.25, -0.2) is 0 Å². The van der Waals surface area contributed by atoms with Gasteiger partial charge in [0.1, 0.15) is 11.6 Å². The Morgan fingerprint density at radius 2 is 2.13 bits per heavy atom. The Kier molecular flexibility index (Phi) is 2.81. The van der Waals surface area contributed by atoms with Crippen LogP contribution >= 0.6 is 0 Å². The molecule has 0 aliphatic rings. The number of hydrogen-bond donors (Lipinski definition) is 0. The standard InChI is InChI=1S/C10H8N2O3/c1-6-3-8(5-11)10(12(14)15)9(4-6)7(2)13/h3-4H,1-2H3. The predicted octanol–water partition coefficient (Wildman–Crippen LogP) is 1.98. The van der Waals surface area contributed by atoms with Gasteiger partial charge in [0.25, 0.3) is 5.69 Å². The molecule has 0 saturated carbocycles. The Bertz CT molecular complexity index is 486. The summed E-state index contributed by atoms with van der Waals surface area (Å²) in [5.74, 6) is -0.415. The molecular formula is C10H8N2O3. The van der Waals surface area contributed by atoms with Gasteiger partial charge in [0, 0.05) is 0 Å². The van der Waals surface area contributed by atoms with E-state index in [1.165, 1.54) is 19.1 Å². The number of nitro benzene ring substituents is 1. The fourth-order valence-electron chi connectivity index (χ4n) is 1.33. The SMILES string of the molecule is CC(=O)c1cc(C)cc(C#N)c1[N+](=O)[O-]. The number of hydrogen-bond acceptors (Lipinski definition) is 4. The van der Waals surface area contributed by atoms with Crippen molar-refractivity contribution < 1.29 is 9.72 Å². The third-order valence-corrected chi connectivity index (χ3v) is 1.94. The number of nitrogens with zero attached hydrogens (tertiary/aromatic N) is 2. The summed E-state index contributed by atoms with van der Waals surface area (Å²) in [5, 5.41) is 19.5. The molecule has 0 heterocycles. The summed E-state index contributed by atoms with van der Waals surface area (Å²) in [6, 6.07) is 4.53. The lowest BCUT2D eigenvalue weighted by Gasteiger charge is -2.02. The number of Topliss-reactive ketones (excluding diaryl/α,β-unsaturated/α-hetero) is 1. The molecule has 1 aromatic carbocycles. The van der Waals surface area contributed by atoms with Crippen molar-refractivity contribution in [2.24, 2.45) is 0 Å². The van der Waals surface area contributed by atoms with E-state index < -0.39 is 16.4 Å². The lowest BCUT2D eigenvalue weighted by molar-refractivity contribution is -0.385. The van der Waals surface area contributed by atoms with Gasteiger partial charge in [-0.3, -0.25) is 14.9 Å². The number of carbonyl (C=O) groups is 1. The fraction of sp³-hybridized carbons (Fsp3) is 0.200. The maximum atomic E-state index is 11.2. The Morgan fingerprint density at radius 1 is 1.53 bits per heavy atom. The number of rotatable bonds is 2. The van der Waals surface area contributed by atoms with Crippen molar-refractivity contribution in [3.8, 4) is 6.07 Å². The van der Waals surface area contributed by atoms with Crippen LogP contribution in [0.5, 0.6) is 0 Å². The number of nitro groups is 1. The molecule has 1 aromatic rings. The number of aryl methyl sites for hydroxylation is 1. The van der Waals surface area contributed by atoms with E-state index in [4.69, 9.17) is 5.26 Å². The lowest BCUT2D eigenvalue weighted by atomic mass is 10.0. The fourth-order valence-corrected chi connectivity index (χ4v) is 1.33. The average Bonchev–Trinajstić information content (AvgIpc) is 2.15. The first-order chi connectivity index (χ1) is 6.97. The molecule has 0 aliphatic carbocycles. The molecule has 0 unspecified atom stereocenters. The second kappa shape index (κ2) is 3.88. The maximum Gasteiger partial charge on any atom is 0.297 e. The quantitative estimate of drug-likeness (QED) is 0.418. The second-order valence-corrected chi connectivity index (χ2v) is 3.13. The number of benzene rings is 1. The molecule has 0 fully saturated rings. The van der Waals surface area contributed by atoms with E-state index in [2.05, 4.69) is 0 Å². The van der Waals surface area contributed by atoms with Crippen LogP contribution in [0.15, 0.2) is 12.1 Å². The van der Waals surface area contributed by atoms with Crippen molar-refractivity contribution in [2.75, 3.05) is 0 Å².